The molecule has 0 saturated heterocycles. The summed E-state index contributed by atoms with van der Waals surface area (Å²) in [5, 5.41) is 7.00. The molecule has 7 nitrogen and oxygen atoms in total. The number of alkyl halides is 3. The summed E-state index contributed by atoms with van der Waals surface area (Å²) in [6.45, 7) is 1.37. The number of rotatable bonds is 2. The molecule has 0 spiro atoms. The van der Waals surface area contributed by atoms with Gasteiger partial charge < -0.3 is 5.32 Å². The smallest absolute Gasteiger partial charge is 0.345 e. The Bertz CT molecular complexity index is 963. The van der Waals surface area contributed by atoms with Crippen LogP contribution in [-0.4, -0.2) is 40.7 Å². The highest BCUT2D eigenvalue weighted by Crippen LogP contribution is 2.30. The van der Waals surface area contributed by atoms with Crippen LogP contribution in [0.4, 0.5) is 13.2 Å². The highest BCUT2D eigenvalue weighted by atomic mass is 32.2. The predicted octanol–water partition coefficient (Wildman–Crippen LogP) is 1.10. The first-order chi connectivity index (χ1) is 11.1. The fraction of sp³-hybridized carbons (Fsp3) is 0.308. The van der Waals surface area contributed by atoms with Crippen LogP contribution in [0, 0.1) is 6.92 Å². The molecule has 11 heteroatoms. The van der Waals surface area contributed by atoms with E-state index in [4.69, 9.17) is 0 Å². The average molecular weight is 360 g/mol. The zero-order valence-electron chi connectivity index (χ0n) is 12.2. The quantitative estimate of drug-likeness (QED) is 0.866. The lowest BCUT2D eigenvalue weighted by Crippen LogP contribution is -2.35. The van der Waals surface area contributed by atoms with Gasteiger partial charge in [-0.15, -0.1) is 0 Å². The first-order valence-corrected chi connectivity index (χ1v) is 8.43. The molecule has 2 aromatic heterocycles. The minimum atomic E-state index is -4.66. The molecule has 2 aromatic rings. The number of nitrogens with zero attached hydrogens (tertiary/aromatic N) is 3. The molecule has 0 bridgehead atoms. The summed E-state index contributed by atoms with van der Waals surface area (Å²) in [4.78, 5) is 16.2. The normalized spacial score (nSPS) is 19.8. The number of sulfone groups is 1. The number of nitrogens with one attached hydrogen (secondary N) is 1. The van der Waals surface area contributed by atoms with Gasteiger partial charge in [-0.25, -0.2) is 17.9 Å². The van der Waals surface area contributed by atoms with Crippen LogP contribution in [0.1, 0.15) is 21.7 Å². The van der Waals surface area contributed by atoms with Gasteiger partial charge in [0.05, 0.1) is 18.0 Å². The van der Waals surface area contributed by atoms with Gasteiger partial charge in [0, 0.05) is 11.1 Å². The molecule has 1 amide bonds. The van der Waals surface area contributed by atoms with Crippen molar-refractivity contribution < 1.29 is 26.4 Å². The Hall–Kier alpha value is -2.43. The molecule has 24 heavy (non-hydrogen) atoms. The van der Waals surface area contributed by atoms with E-state index in [-0.39, 0.29) is 22.7 Å². The SMILES string of the molecule is Cc1cc(C(F)(F)F)n2ncc(C(=O)N[C@H]3C=CS(=O)(=O)C3)c2n1. The molecule has 1 atom stereocenters. The van der Waals surface area contributed by atoms with Gasteiger partial charge in [-0.05, 0) is 19.1 Å². The van der Waals surface area contributed by atoms with Gasteiger partial charge in [-0.1, -0.05) is 0 Å². The minimum Gasteiger partial charge on any atom is -0.345 e. The summed E-state index contributed by atoms with van der Waals surface area (Å²) in [6, 6.07) is 0.0814. The third-order valence-corrected chi connectivity index (χ3v) is 4.78. The highest BCUT2D eigenvalue weighted by Gasteiger charge is 2.35. The molecule has 3 rings (SSSR count). The average Bonchev–Trinajstić information content (AvgIpc) is 2.99. The van der Waals surface area contributed by atoms with Crippen molar-refractivity contribution in [3.8, 4) is 0 Å². The molecule has 3 heterocycles. The second-order valence-corrected chi connectivity index (χ2v) is 7.24. The lowest BCUT2D eigenvalue weighted by atomic mass is 10.2. The van der Waals surface area contributed by atoms with E-state index in [1.54, 1.807) is 0 Å². The Morgan fingerprint density at radius 1 is 1.42 bits per heavy atom. The first-order valence-electron chi connectivity index (χ1n) is 6.71. The fourth-order valence-corrected chi connectivity index (χ4v) is 3.59. The number of aromatic nitrogens is 3. The van der Waals surface area contributed by atoms with Crippen molar-refractivity contribution in [1.29, 1.82) is 0 Å². The largest absolute Gasteiger partial charge is 0.433 e. The van der Waals surface area contributed by atoms with Crippen LogP contribution in [-0.2, 0) is 16.0 Å². The van der Waals surface area contributed by atoms with E-state index >= 15 is 0 Å². The number of fused-ring (bicyclic) bond motifs is 1. The van der Waals surface area contributed by atoms with Crippen molar-refractivity contribution in [2.45, 2.75) is 19.1 Å². The van der Waals surface area contributed by atoms with Crippen LogP contribution in [0.5, 0.6) is 0 Å². The van der Waals surface area contributed by atoms with Crippen LogP contribution >= 0.6 is 0 Å². The molecule has 0 radical (unpaired) electrons. The number of amides is 1. The summed E-state index contributed by atoms with van der Waals surface area (Å²) in [5.41, 5.74) is -1.38. The monoisotopic (exact) mass is 360 g/mol. The number of aryl methyl sites for hydroxylation is 1. The molecular formula is C13H11F3N4O3S. The number of hydrogen-bond donors (Lipinski definition) is 1. The zero-order valence-corrected chi connectivity index (χ0v) is 13.0. The summed E-state index contributed by atoms with van der Waals surface area (Å²) in [7, 11) is -3.37. The van der Waals surface area contributed by atoms with Crippen molar-refractivity contribution in [1.82, 2.24) is 19.9 Å². The minimum absolute atomic E-state index is 0.0766. The van der Waals surface area contributed by atoms with Gasteiger partial charge in [0.15, 0.2) is 15.5 Å². The third-order valence-electron chi connectivity index (χ3n) is 3.38. The van der Waals surface area contributed by atoms with Crippen LogP contribution in [0.25, 0.3) is 5.65 Å². The van der Waals surface area contributed by atoms with Crippen LogP contribution < -0.4 is 5.32 Å². The maximum Gasteiger partial charge on any atom is 0.433 e. The van der Waals surface area contributed by atoms with E-state index in [1.165, 1.54) is 13.0 Å². The molecule has 0 saturated carbocycles. The molecular weight excluding hydrogens is 349 g/mol. The van der Waals surface area contributed by atoms with E-state index in [0.29, 0.717) is 4.52 Å². The second kappa shape index (κ2) is 5.30. The van der Waals surface area contributed by atoms with Gasteiger partial charge in [0.1, 0.15) is 11.3 Å². The molecule has 0 aromatic carbocycles. The molecule has 1 aliphatic rings. The molecule has 0 aliphatic carbocycles. The highest BCUT2D eigenvalue weighted by molar-refractivity contribution is 7.94. The Morgan fingerprint density at radius 3 is 2.71 bits per heavy atom. The predicted molar refractivity (Wildman–Crippen MR) is 76.9 cm³/mol. The van der Waals surface area contributed by atoms with Crippen molar-refractivity contribution in [2.75, 3.05) is 5.75 Å². The molecule has 0 unspecified atom stereocenters. The lowest BCUT2D eigenvalue weighted by molar-refractivity contribution is -0.142. The topological polar surface area (TPSA) is 93.4 Å². The van der Waals surface area contributed by atoms with Crippen LogP contribution in [0.3, 0.4) is 0 Å². The maximum absolute atomic E-state index is 13.1. The van der Waals surface area contributed by atoms with Crippen molar-refractivity contribution >= 4 is 21.4 Å². The van der Waals surface area contributed by atoms with Gasteiger partial charge in [0.25, 0.3) is 5.91 Å². The van der Waals surface area contributed by atoms with Gasteiger partial charge in [0.2, 0.25) is 0 Å². The Kier molecular flexibility index (Phi) is 3.62. The summed E-state index contributed by atoms with van der Waals surface area (Å²) >= 11 is 0. The number of hydrogen-bond acceptors (Lipinski definition) is 5. The van der Waals surface area contributed by atoms with Crippen molar-refractivity contribution in [2.24, 2.45) is 0 Å². The summed E-state index contributed by atoms with van der Waals surface area (Å²) < 4.78 is 62.4. The van der Waals surface area contributed by atoms with Gasteiger partial charge in [-0.2, -0.15) is 18.3 Å². The van der Waals surface area contributed by atoms with E-state index in [1.807, 2.05) is 0 Å². The van der Waals surface area contributed by atoms with E-state index in [9.17, 15) is 26.4 Å². The van der Waals surface area contributed by atoms with Crippen molar-refractivity contribution in [3.05, 3.63) is 40.7 Å². The Labute approximate surface area is 134 Å². The molecule has 0 fully saturated rings. The number of carbonyl (C=O) groups excluding carboxylic acids is 1. The second-order valence-electron chi connectivity index (χ2n) is 5.31. The van der Waals surface area contributed by atoms with E-state index in [0.717, 1.165) is 17.7 Å². The van der Waals surface area contributed by atoms with Gasteiger partial charge >= 0.3 is 6.18 Å². The zero-order chi connectivity index (χ0) is 17.7. The maximum atomic E-state index is 13.1. The summed E-state index contributed by atoms with van der Waals surface area (Å²) in [5.74, 6) is -1.04. The van der Waals surface area contributed by atoms with Crippen molar-refractivity contribution in [3.63, 3.8) is 0 Å². The number of carbonyl (C=O) groups is 1. The molecule has 1 aliphatic heterocycles. The van der Waals surface area contributed by atoms with Gasteiger partial charge in [-0.3, -0.25) is 4.79 Å². The lowest BCUT2D eigenvalue weighted by Gasteiger charge is -2.11. The molecule has 1 N–H and O–H groups in total. The first kappa shape index (κ1) is 16.4. The standard InChI is InChI=1S/C13H11F3N4O3S/c1-7-4-10(13(14,15)16)20-11(18-7)9(5-17-20)12(21)19-8-2-3-24(22,23)6-8/h2-5,8H,6H2,1H3,(H,19,21)/t8-/m0/s1. The third kappa shape index (κ3) is 2.98. The number of halogens is 3. The van der Waals surface area contributed by atoms with E-state index in [2.05, 4.69) is 15.4 Å². The fourth-order valence-electron chi connectivity index (χ4n) is 2.36. The summed E-state index contributed by atoms with van der Waals surface area (Å²) in [6.07, 6.45) is -2.38. The van der Waals surface area contributed by atoms with E-state index < -0.39 is 33.7 Å². The van der Waals surface area contributed by atoms with Crippen LogP contribution in [0.2, 0.25) is 0 Å². The Morgan fingerprint density at radius 2 is 2.12 bits per heavy atom. The molecule has 128 valence electrons. The van der Waals surface area contributed by atoms with Crippen LogP contribution in [0.15, 0.2) is 23.7 Å². The Balaban J connectivity index is 1.98.